The molecule has 0 aliphatic carbocycles. The first kappa shape index (κ1) is 10.9. The van der Waals surface area contributed by atoms with Crippen LogP contribution in [0, 0.1) is 0 Å². The zero-order valence-electron chi connectivity index (χ0n) is 9.46. The predicted molar refractivity (Wildman–Crippen MR) is 59.7 cm³/mol. The Hall–Kier alpha value is -0.610. The highest BCUT2D eigenvalue weighted by Gasteiger charge is 2.26. The van der Waals surface area contributed by atoms with E-state index in [-0.39, 0.29) is 11.9 Å². The Balaban J connectivity index is 1.84. The van der Waals surface area contributed by atoms with Crippen LogP contribution in [0.1, 0.15) is 26.2 Å². The Morgan fingerprint density at radius 3 is 2.93 bits per heavy atom. The minimum atomic E-state index is 0.00217. The van der Waals surface area contributed by atoms with Crippen molar-refractivity contribution in [1.82, 2.24) is 15.5 Å². The first-order chi connectivity index (χ1) is 7.27. The molecular formula is C11H21N3O. The molecule has 15 heavy (non-hydrogen) atoms. The molecule has 0 aromatic heterocycles. The van der Waals surface area contributed by atoms with Crippen LogP contribution in [0.25, 0.3) is 0 Å². The molecule has 4 nitrogen and oxygen atoms in total. The van der Waals surface area contributed by atoms with E-state index in [1.165, 1.54) is 19.3 Å². The van der Waals surface area contributed by atoms with Crippen molar-refractivity contribution >= 4 is 5.91 Å². The molecule has 2 fully saturated rings. The number of nitrogens with one attached hydrogen (secondary N) is 2. The van der Waals surface area contributed by atoms with Crippen molar-refractivity contribution in [2.75, 3.05) is 26.2 Å². The summed E-state index contributed by atoms with van der Waals surface area (Å²) in [5.41, 5.74) is 0. The fourth-order valence-corrected chi connectivity index (χ4v) is 2.41. The van der Waals surface area contributed by atoms with Gasteiger partial charge in [-0.15, -0.1) is 0 Å². The molecular weight excluding hydrogens is 190 g/mol. The van der Waals surface area contributed by atoms with E-state index in [2.05, 4.69) is 10.6 Å². The van der Waals surface area contributed by atoms with Crippen molar-refractivity contribution in [3.05, 3.63) is 0 Å². The van der Waals surface area contributed by atoms with E-state index in [9.17, 15) is 4.79 Å². The van der Waals surface area contributed by atoms with Gasteiger partial charge in [-0.05, 0) is 26.3 Å². The number of piperazine rings is 1. The summed E-state index contributed by atoms with van der Waals surface area (Å²) in [4.78, 5) is 13.8. The highest BCUT2D eigenvalue weighted by Crippen LogP contribution is 2.10. The van der Waals surface area contributed by atoms with Gasteiger partial charge in [-0.25, -0.2) is 0 Å². The third-order valence-electron chi connectivity index (χ3n) is 3.37. The zero-order valence-corrected chi connectivity index (χ0v) is 9.46. The average molecular weight is 211 g/mol. The molecule has 2 aliphatic heterocycles. The van der Waals surface area contributed by atoms with Crippen LogP contribution in [0.4, 0.5) is 0 Å². The highest BCUT2D eigenvalue weighted by molar-refractivity contribution is 5.82. The van der Waals surface area contributed by atoms with Crippen LogP contribution >= 0.6 is 0 Å². The average Bonchev–Trinajstić information content (AvgIpc) is 2.26. The quantitative estimate of drug-likeness (QED) is 0.673. The van der Waals surface area contributed by atoms with E-state index in [4.69, 9.17) is 0 Å². The Kier molecular flexibility index (Phi) is 3.59. The number of piperidine rings is 1. The number of rotatable bonds is 2. The lowest BCUT2D eigenvalue weighted by atomic mass is 10.0. The molecule has 2 saturated heterocycles. The van der Waals surface area contributed by atoms with Crippen LogP contribution in [-0.2, 0) is 4.79 Å². The third-order valence-corrected chi connectivity index (χ3v) is 3.37. The maximum atomic E-state index is 11.8. The molecule has 0 bridgehead atoms. The first-order valence-corrected chi connectivity index (χ1v) is 6.03. The molecule has 0 aromatic rings. The monoisotopic (exact) mass is 211 g/mol. The topological polar surface area (TPSA) is 44.4 Å². The second-order valence-corrected chi connectivity index (χ2v) is 4.61. The second-order valence-electron chi connectivity index (χ2n) is 4.61. The van der Waals surface area contributed by atoms with Gasteiger partial charge in [-0.1, -0.05) is 6.42 Å². The van der Waals surface area contributed by atoms with E-state index in [0.29, 0.717) is 6.04 Å². The molecule has 0 aromatic carbocycles. The first-order valence-electron chi connectivity index (χ1n) is 6.03. The molecule has 2 rings (SSSR count). The number of carbonyl (C=O) groups excluding carboxylic acids is 1. The summed E-state index contributed by atoms with van der Waals surface area (Å²) in [6.45, 7) is 5.75. The summed E-state index contributed by atoms with van der Waals surface area (Å²) in [6.07, 6.45) is 3.79. The summed E-state index contributed by atoms with van der Waals surface area (Å²) in [6, 6.07) is 0.523. The Morgan fingerprint density at radius 2 is 2.20 bits per heavy atom. The van der Waals surface area contributed by atoms with Gasteiger partial charge in [-0.2, -0.15) is 0 Å². The van der Waals surface area contributed by atoms with Gasteiger partial charge in [0.2, 0.25) is 5.91 Å². The molecule has 2 unspecified atom stereocenters. The number of hydrogen-bond donors (Lipinski definition) is 2. The maximum Gasteiger partial charge on any atom is 0.239 e. The van der Waals surface area contributed by atoms with E-state index in [0.717, 1.165) is 26.2 Å². The Labute approximate surface area is 91.4 Å². The normalized spacial score (nSPS) is 33.1. The van der Waals surface area contributed by atoms with Gasteiger partial charge in [0.25, 0.3) is 0 Å². The van der Waals surface area contributed by atoms with Gasteiger partial charge >= 0.3 is 0 Å². The summed E-state index contributed by atoms with van der Waals surface area (Å²) < 4.78 is 0. The highest BCUT2D eigenvalue weighted by atomic mass is 16.2. The van der Waals surface area contributed by atoms with Crippen molar-refractivity contribution in [3.8, 4) is 0 Å². The van der Waals surface area contributed by atoms with Crippen LogP contribution in [-0.4, -0.2) is 49.1 Å². The Morgan fingerprint density at radius 1 is 1.33 bits per heavy atom. The summed E-state index contributed by atoms with van der Waals surface area (Å²) in [5.74, 6) is 0.258. The number of carbonyl (C=O) groups is 1. The molecule has 2 N–H and O–H groups in total. The van der Waals surface area contributed by atoms with Crippen LogP contribution in [0.2, 0.25) is 0 Å². The van der Waals surface area contributed by atoms with Gasteiger partial charge in [0.05, 0.1) is 6.04 Å². The second kappa shape index (κ2) is 4.94. The summed E-state index contributed by atoms with van der Waals surface area (Å²) in [5, 5.41) is 6.67. The van der Waals surface area contributed by atoms with Crippen molar-refractivity contribution in [2.45, 2.75) is 38.3 Å². The van der Waals surface area contributed by atoms with Gasteiger partial charge < -0.3 is 15.5 Å². The molecule has 1 amide bonds. The van der Waals surface area contributed by atoms with Crippen molar-refractivity contribution in [1.29, 1.82) is 0 Å². The number of amides is 1. The lowest BCUT2D eigenvalue weighted by Crippen LogP contribution is -2.57. The smallest absolute Gasteiger partial charge is 0.239 e. The van der Waals surface area contributed by atoms with E-state index >= 15 is 0 Å². The Bertz CT molecular complexity index is 226. The van der Waals surface area contributed by atoms with Crippen molar-refractivity contribution < 1.29 is 4.79 Å². The fourth-order valence-electron chi connectivity index (χ4n) is 2.41. The summed E-state index contributed by atoms with van der Waals surface area (Å²) >= 11 is 0. The van der Waals surface area contributed by atoms with Crippen LogP contribution in [0.3, 0.4) is 0 Å². The molecule has 2 heterocycles. The molecule has 2 atom stereocenters. The van der Waals surface area contributed by atoms with E-state index < -0.39 is 0 Å². The molecule has 4 heteroatoms. The number of hydrogen-bond acceptors (Lipinski definition) is 3. The molecule has 0 radical (unpaired) electrons. The lowest BCUT2D eigenvalue weighted by molar-refractivity contribution is -0.135. The van der Waals surface area contributed by atoms with Crippen LogP contribution in [0.15, 0.2) is 0 Å². The van der Waals surface area contributed by atoms with Gasteiger partial charge in [0.15, 0.2) is 0 Å². The maximum absolute atomic E-state index is 11.8. The van der Waals surface area contributed by atoms with Crippen molar-refractivity contribution in [3.63, 3.8) is 0 Å². The molecule has 0 saturated carbocycles. The zero-order chi connectivity index (χ0) is 10.7. The van der Waals surface area contributed by atoms with E-state index in [1.54, 1.807) is 0 Å². The van der Waals surface area contributed by atoms with Crippen LogP contribution in [0.5, 0.6) is 0 Å². The van der Waals surface area contributed by atoms with E-state index in [1.807, 2.05) is 11.8 Å². The molecule has 2 aliphatic rings. The minimum Gasteiger partial charge on any atom is -0.339 e. The van der Waals surface area contributed by atoms with Gasteiger partial charge in [0.1, 0.15) is 0 Å². The fraction of sp³-hybridized carbons (Fsp3) is 0.909. The largest absolute Gasteiger partial charge is 0.339 e. The lowest BCUT2D eigenvalue weighted by Gasteiger charge is -2.35. The predicted octanol–water partition coefficient (Wildman–Crippen LogP) is -0.0512. The van der Waals surface area contributed by atoms with Gasteiger partial charge in [0, 0.05) is 25.7 Å². The van der Waals surface area contributed by atoms with Gasteiger partial charge in [-0.3, -0.25) is 4.79 Å². The molecule has 86 valence electrons. The minimum absolute atomic E-state index is 0.00217. The van der Waals surface area contributed by atoms with Crippen molar-refractivity contribution in [2.24, 2.45) is 0 Å². The van der Waals surface area contributed by atoms with Crippen LogP contribution < -0.4 is 10.6 Å². The SMILES string of the molecule is CC1NCCN(CC2CCCCN2)C1=O. The third kappa shape index (κ3) is 2.69. The molecule has 0 spiro atoms. The standard InChI is InChI=1S/C11H21N3O/c1-9-11(15)14(7-6-12-9)8-10-4-2-3-5-13-10/h9-10,12-13H,2-8H2,1H3. The number of nitrogens with zero attached hydrogens (tertiary/aromatic N) is 1. The summed E-state index contributed by atoms with van der Waals surface area (Å²) in [7, 11) is 0.